The molecule has 27 heavy (non-hydrogen) atoms. The maximum absolute atomic E-state index is 5.27. The fraction of sp³-hybridized carbons (Fsp3) is 0.136. The molecular weight excluding hydrogens is 336 g/mol. The average Bonchev–Trinajstić information content (AvgIpc) is 3.16. The van der Waals surface area contributed by atoms with Crippen molar-refractivity contribution < 1.29 is 4.52 Å². The number of pyridine rings is 1. The number of aryl methyl sites for hydroxylation is 1. The van der Waals surface area contributed by atoms with Crippen LogP contribution in [0.25, 0.3) is 11.5 Å². The lowest BCUT2D eigenvalue weighted by Gasteiger charge is -2.20. The van der Waals surface area contributed by atoms with Gasteiger partial charge in [0.05, 0.1) is 6.04 Å². The van der Waals surface area contributed by atoms with Crippen LogP contribution < -0.4 is 5.32 Å². The predicted molar refractivity (Wildman–Crippen MR) is 105 cm³/mol. The van der Waals surface area contributed by atoms with Crippen LogP contribution >= 0.6 is 0 Å². The van der Waals surface area contributed by atoms with Crippen LogP contribution in [0.5, 0.6) is 0 Å². The Balaban J connectivity index is 1.61. The van der Waals surface area contributed by atoms with Crippen molar-refractivity contribution in [2.24, 2.45) is 0 Å². The molecule has 0 fully saturated rings. The minimum atomic E-state index is 0.0979. The summed E-state index contributed by atoms with van der Waals surface area (Å²) in [6.45, 7) is 1.80. The normalized spacial score (nSPS) is 11.9. The van der Waals surface area contributed by atoms with Crippen LogP contribution in [0.4, 0.5) is 5.82 Å². The molecule has 0 aliphatic carbocycles. The van der Waals surface area contributed by atoms with E-state index in [2.05, 4.69) is 69.0 Å². The largest absolute Gasteiger partial charge is 0.363 e. The third kappa shape index (κ3) is 4.20. The summed E-state index contributed by atoms with van der Waals surface area (Å²) in [5.74, 6) is 1.88. The first kappa shape index (κ1) is 17.0. The molecule has 2 aromatic carbocycles. The summed E-state index contributed by atoms with van der Waals surface area (Å²) in [7, 11) is 0. The first-order chi connectivity index (χ1) is 13.3. The molecule has 4 rings (SSSR count). The highest BCUT2D eigenvalue weighted by atomic mass is 16.5. The second kappa shape index (κ2) is 7.83. The second-order valence-corrected chi connectivity index (χ2v) is 6.37. The predicted octanol–water partition coefficient (Wildman–Crippen LogP) is 4.84. The lowest BCUT2D eigenvalue weighted by atomic mass is 9.99. The number of hydrogen-bond donors (Lipinski definition) is 1. The van der Waals surface area contributed by atoms with Gasteiger partial charge in [-0.3, -0.25) is 0 Å². The van der Waals surface area contributed by atoms with Crippen molar-refractivity contribution in [1.29, 1.82) is 0 Å². The van der Waals surface area contributed by atoms with Gasteiger partial charge in [0.2, 0.25) is 0 Å². The highest BCUT2D eigenvalue weighted by molar-refractivity contribution is 5.58. The Labute approximate surface area is 158 Å². The monoisotopic (exact) mass is 356 g/mol. The molecule has 0 spiro atoms. The number of rotatable bonds is 6. The fourth-order valence-electron chi connectivity index (χ4n) is 3.02. The van der Waals surface area contributed by atoms with Gasteiger partial charge in [-0.2, -0.15) is 4.98 Å². The number of benzene rings is 2. The highest BCUT2D eigenvalue weighted by Gasteiger charge is 2.14. The maximum atomic E-state index is 5.27. The Morgan fingerprint density at radius 1 is 0.963 bits per heavy atom. The first-order valence-electron chi connectivity index (χ1n) is 8.90. The van der Waals surface area contributed by atoms with E-state index >= 15 is 0 Å². The van der Waals surface area contributed by atoms with Gasteiger partial charge in [-0.15, -0.1) is 0 Å². The molecule has 2 aromatic heterocycles. The van der Waals surface area contributed by atoms with E-state index in [1.165, 1.54) is 11.1 Å². The summed E-state index contributed by atoms with van der Waals surface area (Å²) < 4.78 is 5.27. The summed E-state index contributed by atoms with van der Waals surface area (Å²) in [6, 6.07) is 24.7. The van der Waals surface area contributed by atoms with E-state index in [0.717, 1.165) is 17.8 Å². The van der Waals surface area contributed by atoms with Crippen molar-refractivity contribution in [2.75, 3.05) is 5.32 Å². The van der Waals surface area contributed by atoms with Gasteiger partial charge in [-0.25, -0.2) is 4.98 Å². The third-order valence-corrected chi connectivity index (χ3v) is 4.34. The van der Waals surface area contributed by atoms with Gasteiger partial charge in [0.25, 0.3) is 5.89 Å². The number of nitrogens with one attached hydrogen (secondary N) is 1. The average molecular weight is 356 g/mol. The quantitative estimate of drug-likeness (QED) is 0.536. The van der Waals surface area contributed by atoms with Crippen LogP contribution in [0.2, 0.25) is 0 Å². The smallest absolute Gasteiger partial charge is 0.258 e. The van der Waals surface area contributed by atoms with Crippen LogP contribution in [0.1, 0.15) is 23.0 Å². The van der Waals surface area contributed by atoms with Gasteiger partial charge in [0, 0.05) is 11.8 Å². The lowest BCUT2D eigenvalue weighted by Crippen LogP contribution is -2.14. The molecule has 1 atom stereocenters. The first-order valence-corrected chi connectivity index (χ1v) is 8.90. The SMILES string of the molecule is Cc1noc(-c2ccnc(NC(Cc3ccccc3)c3ccccc3)c2)n1. The summed E-state index contributed by atoms with van der Waals surface area (Å²) in [6.07, 6.45) is 2.61. The van der Waals surface area contributed by atoms with Crippen LogP contribution in [0, 0.1) is 6.92 Å². The van der Waals surface area contributed by atoms with Crippen molar-refractivity contribution in [2.45, 2.75) is 19.4 Å². The molecule has 0 saturated carbocycles. The standard InChI is InChI=1S/C22H20N4O/c1-16-24-22(27-26-16)19-12-13-23-21(15-19)25-20(18-10-6-3-7-11-18)14-17-8-4-2-5-9-17/h2-13,15,20H,14H2,1H3,(H,23,25). The number of hydrogen-bond acceptors (Lipinski definition) is 5. The molecule has 0 aliphatic heterocycles. The molecular formula is C22H20N4O. The van der Waals surface area contributed by atoms with E-state index in [9.17, 15) is 0 Å². The summed E-state index contributed by atoms with van der Waals surface area (Å²) >= 11 is 0. The highest BCUT2D eigenvalue weighted by Crippen LogP contribution is 2.25. The molecule has 0 amide bonds. The summed E-state index contributed by atoms with van der Waals surface area (Å²) in [5, 5.41) is 7.42. The molecule has 0 saturated heterocycles. The van der Waals surface area contributed by atoms with E-state index in [0.29, 0.717) is 11.7 Å². The van der Waals surface area contributed by atoms with Gasteiger partial charge < -0.3 is 9.84 Å². The van der Waals surface area contributed by atoms with E-state index in [4.69, 9.17) is 4.52 Å². The van der Waals surface area contributed by atoms with E-state index in [1.807, 2.05) is 24.3 Å². The minimum Gasteiger partial charge on any atom is -0.363 e. The molecule has 0 bridgehead atoms. The van der Waals surface area contributed by atoms with Gasteiger partial charge in [0.15, 0.2) is 5.82 Å². The van der Waals surface area contributed by atoms with Gasteiger partial charge in [-0.1, -0.05) is 65.8 Å². The van der Waals surface area contributed by atoms with Gasteiger partial charge >= 0.3 is 0 Å². The fourth-order valence-corrected chi connectivity index (χ4v) is 3.02. The van der Waals surface area contributed by atoms with E-state index < -0.39 is 0 Å². The van der Waals surface area contributed by atoms with Crippen molar-refractivity contribution in [1.82, 2.24) is 15.1 Å². The Hall–Kier alpha value is -3.47. The minimum absolute atomic E-state index is 0.0979. The molecule has 4 aromatic rings. The van der Waals surface area contributed by atoms with Crippen LogP contribution in [-0.2, 0) is 6.42 Å². The topological polar surface area (TPSA) is 63.8 Å². The van der Waals surface area contributed by atoms with Crippen molar-refractivity contribution in [3.05, 3.63) is 95.9 Å². The zero-order valence-corrected chi connectivity index (χ0v) is 15.0. The number of nitrogens with zero attached hydrogens (tertiary/aromatic N) is 3. The Kier molecular flexibility index (Phi) is 4.92. The number of aromatic nitrogens is 3. The third-order valence-electron chi connectivity index (χ3n) is 4.34. The Morgan fingerprint density at radius 2 is 1.70 bits per heavy atom. The Bertz CT molecular complexity index is 999. The van der Waals surface area contributed by atoms with Crippen molar-refractivity contribution in [3.63, 3.8) is 0 Å². The van der Waals surface area contributed by atoms with Gasteiger partial charge in [0.1, 0.15) is 5.82 Å². The maximum Gasteiger partial charge on any atom is 0.258 e. The molecule has 0 aliphatic rings. The zero-order chi connectivity index (χ0) is 18.5. The van der Waals surface area contributed by atoms with Crippen LogP contribution in [0.15, 0.2) is 83.5 Å². The van der Waals surface area contributed by atoms with Crippen molar-refractivity contribution in [3.8, 4) is 11.5 Å². The molecule has 0 radical (unpaired) electrons. The molecule has 5 heteroatoms. The van der Waals surface area contributed by atoms with Crippen LogP contribution in [-0.4, -0.2) is 15.1 Å². The molecule has 2 heterocycles. The molecule has 134 valence electrons. The van der Waals surface area contributed by atoms with Crippen LogP contribution in [0.3, 0.4) is 0 Å². The van der Waals surface area contributed by atoms with Gasteiger partial charge in [-0.05, 0) is 36.6 Å². The molecule has 1 unspecified atom stereocenters. The molecule has 1 N–H and O–H groups in total. The van der Waals surface area contributed by atoms with E-state index in [-0.39, 0.29) is 6.04 Å². The van der Waals surface area contributed by atoms with E-state index in [1.54, 1.807) is 13.1 Å². The summed E-state index contributed by atoms with van der Waals surface area (Å²) in [5.41, 5.74) is 3.32. The second-order valence-electron chi connectivity index (χ2n) is 6.37. The summed E-state index contributed by atoms with van der Waals surface area (Å²) in [4.78, 5) is 8.77. The lowest BCUT2D eigenvalue weighted by molar-refractivity contribution is 0.425. The Morgan fingerprint density at radius 3 is 2.41 bits per heavy atom. The number of anilines is 1. The van der Waals surface area contributed by atoms with Crippen molar-refractivity contribution >= 4 is 5.82 Å². The zero-order valence-electron chi connectivity index (χ0n) is 15.0. The molecule has 5 nitrogen and oxygen atoms in total.